The predicted molar refractivity (Wildman–Crippen MR) is 73.3 cm³/mol. The maximum atomic E-state index is 5.68. The van der Waals surface area contributed by atoms with Gasteiger partial charge in [-0.05, 0) is 18.9 Å². The number of nitrogen functional groups attached to an aromatic ring is 1. The number of halogens is 1. The Balaban J connectivity index is 0.00000128. The second kappa shape index (κ2) is 5.32. The van der Waals surface area contributed by atoms with Gasteiger partial charge in [0.05, 0.1) is 5.69 Å². The average Bonchev–Trinajstić information content (AvgIpc) is 2.58. The predicted octanol–water partition coefficient (Wildman–Crippen LogP) is 3.68. The molecule has 0 radical (unpaired) electrons. The fourth-order valence-electron chi connectivity index (χ4n) is 1.58. The standard InChI is InChI=1S/C12H14N2S.ClH/c1-3-9-4-6-10(7-5-9)11-8(2)15-12(13)14-11;/h4-7H,3H2,1-2H3,(H2,13,14);1H. The summed E-state index contributed by atoms with van der Waals surface area (Å²) in [7, 11) is 0. The SMILES string of the molecule is CCc1ccc(-c2nc(N)sc2C)cc1.Cl. The van der Waals surface area contributed by atoms with E-state index in [1.807, 2.05) is 0 Å². The lowest BCUT2D eigenvalue weighted by Crippen LogP contribution is -1.85. The van der Waals surface area contributed by atoms with E-state index in [2.05, 4.69) is 43.1 Å². The molecule has 0 bridgehead atoms. The summed E-state index contributed by atoms with van der Waals surface area (Å²) in [6.45, 7) is 4.21. The first-order chi connectivity index (χ1) is 7.20. The molecule has 16 heavy (non-hydrogen) atoms. The Morgan fingerprint density at radius 3 is 2.31 bits per heavy atom. The number of anilines is 1. The van der Waals surface area contributed by atoms with Crippen molar-refractivity contribution in [3.8, 4) is 11.3 Å². The number of benzene rings is 1. The number of thiazole rings is 1. The first-order valence-corrected chi connectivity index (χ1v) is 5.84. The zero-order chi connectivity index (χ0) is 10.8. The number of nitrogens with two attached hydrogens (primary N) is 1. The lowest BCUT2D eigenvalue weighted by Gasteiger charge is -2.00. The van der Waals surface area contributed by atoms with Gasteiger partial charge in [0.15, 0.2) is 5.13 Å². The number of aryl methyl sites for hydroxylation is 2. The summed E-state index contributed by atoms with van der Waals surface area (Å²) in [6, 6.07) is 8.51. The highest BCUT2D eigenvalue weighted by Gasteiger charge is 2.07. The van der Waals surface area contributed by atoms with E-state index in [1.54, 1.807) is 11.3 Å². The summed E-state index contributed by atoms with van der Waals surface area (Å²) < 4.78 is 0. The fourth-order valence-corrected chi connectivity index (χ4v) is 2.29. The topological polar surface area (TPSA) is 38.9 Å². The van der Waals surface area contributed by atoms with Gasteiger partial charge in [0.1, 0.15) is 0 Å². The van der Waals surface area contributed by atoms with Crippen molar-refractivity contribution < 1.29 is 0 Å². The minimum atomic E-state index is 0. The summed E-state index contributed by atoms with van der Waals surface area (Å²) in [5.41, 5.74) is 9.19. The van der Waals surface area contributed by atoms with Crippen molar-refractivity contribution in [2.75, 3.05) is 5.73 Å². The van der Waals surface area contributed by atoms with Crippen LogP contribution in [0.5, 0.6) is 0 Å². The van der Waals surface area contributed by atoms with E-state index in [0.29, 0.717) is 5.13 Å². The van der Waals surface area contributed by atoms with Crippen LogP contribution < -0.4 is 5.73 Å². The van der Waals surface area contributed by atoms with Gasteiger partial charge in [-0.2, -0.15) is 0 Å². The number of hydrogen-bond acceptors (Lipinski definition) is 3. The molecule has 0 unspecified atom stereocenters. The Bertz CT molecular complexity index is 462. The summed E-state index contributed by atoms with van der Waals surface area (Å²) in [4.78, 5) is 5.51. The van der Waals surface area contributed by atoms with Crippen molar-refractivity contribution in [2.24, 2.45) is 0 Å². The van der Waals surface area contributed by atoms with Crippen molar-refractivity contribution >= 4 is 28.9 Å². The monoisotopic (exact) mass is 254 g/mol. The van der Waals surface area contributed by atoms with E-state index >= 15 is 0 Å². The first-order valence-electron chi connectivity index (χ1n) is 5.03. The Morgan fingerprint density at radius 2 is 1.88 bits per heavy atom. The molecule has 1 aromatic carbocycles. The van der Waals surface area contributed by atoms with Crippen LogP contribution in [-0.2, 0) is 6.42 Å². The van der Waals surface area contributed by atoms with Crippen molar-refractivity contribution in [1.82, 2.24) is 4.98 Å². The molecular formula is C12H15ClN2S. The van der Waals surface area contributed by atoms with Crippen LogP contribution in [0.1, 0.15) is 17.4 Å². The van der Waals surface area contributed by atoms with E-state index in [9.17, 15) is 0 Å². The van der Waals surface area contributed by atoms with Gasteiger partial charge in [-0.25, -0.2) is 4.98 Å². The Hall–Kier alpha value is -1.06. The lowest BCUT2D eigenvalue weighted by atomic mass is 10.1. The van der Waals surface area contributed by atoms with Gasteiger partial charge in [0.25, 0.3) is 0 Å². The van der Waals surface area contributed by atoms with Crippen LogP contribution in [0.4, 0.5) is 5.13 Å². The first kappa shape index (κ1) is 13.0. The normalized spacial score (nSPS) is 9.88. The molecule has 1 aromatic heterocycles. The maximum Gasteiger partial charge on any atom is 0.180 e. The molecular weight excluding hydrogens is 240 g/mol. The van der Waals surface area contributed by atoms with Crippen LogP contribution in [-0.4, -0.2) is 4.98 Å². The molecule has 1 heterocycles. The number of aromatic nitrogens is 1. The minimum Gasteiger partial charge on any atom is -0.375 e. The van der Waals surface area contributed by atoms with Gasteiger partial charge >= 0.3 is 0 Å². The van der Waals surface area contributed by atoms with Gasteiger partial charge < -0.3 is 5.73 Å². The Kier molecular flexibility index (Phi) is 4.33. The fraction of sp³-hybridized carbons (Fsp3) is 0.250. The molecule has 0 saturated carbocycles. The summed E-state index contributed by atoms with van der Waals surface area (Å²) in [6.07, 6.45) is 1.07. The smallest absolute Gasteiger partial charge is 0.180 e. The van der Waals surface area contributed by atoms with Gasteiger partial charge in [0.2, 0.25) is 0 Å². The molecule has 2 nitrogen and oxygen atoms in total. The van der Waals surface area contributed by atoms with E-state index in [4.69, 9.17) is 5.73 Å². The van der Waals surface area contributed by atoms with Crippen molar-refractivity contribution in [2.45, 2.75) is 20.3 Å². The van der Waals surface area contributed by atoms with Crippen molar-refractivity contribution in [1.29, 1.82) is 0 Å². The average molecular weight is 255 g/mol. The third kappa shape index (κ3) is 2.54. The molecule has 0 aliphatic heterocycles. The number of hydrogen-bond donors (Lipinski definition) is 1. The maximum absolute atomic E-state index is 5.68. The highest BCUT2D eigenvalue weighted by atomic mass is 35.5. The molecule has 4 heteroatoms. The third-order valence-corrected chi connectivity index (χ3v) is 3.25. The quantitative estimate of drug-likeness (QED) is 0.888. The van der Waals surface area contributed by atoms with E-state index in [0.717, 1.165) is 17.7 Å². The van der Waals surface area contributed by atoms with Gasteiger partial charge in [-0.15, -0.1) is 23.7 Å². The molecule has 2 N–H and O–H groups in total. The van der Waals surface area contributed by atoms with Crippen LogP contribution in [0, 0.1) is 6.92 Å². The van der Waals surface area contributed by atoms with Gasteiger partial charge in [-0.3, -0.25) is 0 Å². The molecule has 2 aromatic rings. The van der Waals surface area contributed by atoms with Crippen LogP contribution in [0.15, 0.2) is 24.3 Å². The van der Waals surface area contributed by atoms with E-state index in [-0.39, 0.29) is 12.4 Å². The lowest BCUT2D eigenvalue weighted by molar-refractivity contribution is 1.14. The summed E-state index contributed by atoms with van der Waals surface area (Å²) in [5.74, 6) is 0. The molecule has 0 aliphatic carbocycles. The Labute approximate surface area is 106 Å². The summed E-state index contributed by atoms with van der Waals surface area (Å²) >= 11 is 1.54. The zero-order valence-corrected chi connectivity index (χ0v) is 11.0. The Morgan fingerprint density at radius 1 is 1.25 bits per heavy atom. The molecule has 0 aliphatic rings. The highest BCUT2D eigenvalue weighted by molar-refractivity contribution is 7.15. The molecule has 0 spiro atoms. The van der Waals surface area contributed by atoms with Crippen LogP contribution >= 0.6 is 23.7 Å². The van der Waals surface area contributed by atoms with Gasteiger partial charge in [-0.1, -0.05) is 31.2 Å². The van der Waals surface area contributed by atoms with E-state index < -0.39 is 0 Å². The molecule has 2 rings (SSSR count). The summed E-state index contributed by atoms with van der Waals surface area (Å²) in [5, 5.41) is 0.641. The van der Waals surface area contributed by atoms with Crippen molar-refractivity contribution in [3.63, 3.8) is 0 Å². The molecule has 0 amide bonds. The van der Waals surface area contributed by atoms with Crippen LogP contribution in [0.25, 0.3) is 11.3 Å². The second-order valence-corrected chi connectivity index (χ2v) is 4.74. The second-order valence-electron chi connectivity index (χ2n) is 3.51. The minimum absolute atomic E-state index is 0. The van der Waals surface area contributed by atoms with Crippen molar-refractivity contribution in [3.05, 3.63) is 34.7 Å². The largest absolute Gasteiger partial charge is 0.375 e. The van der Waals surface area contributed by atoms with Crippen LogP contribution in [0.2, 0.25) is 0 Å². The van der Waals surface area contributed by atoms with E-state index in [1.165, 1.54) is 10.4 Å². The molecule has 0 fully saturated rings. The van der Waals surface area contributed by atoms with Gasteiger partial charge in [0, 0.05) is 10.4 Å². The zero-order valence-electron chi connectivity index (χ0n) is 9.36. The number of rotatable bonds is 2. The van der Waals surface area contributed by atoms with Crippen LogP contribution in [0.3, 0.4) is 0 Å². The highest BCUT2D eigenvalue weighted by Crippen LogP contribution is 2.28. The molecule has 0 saturated heterocycles. The molecule has 0 atom stereocenters. The third-order valence-electron chi connectivity index (χ3n) is 2.45. The molecule has 86 valence electrons. The number of nitrogens with zero attached hydrogens (tertiary/aromatic N) is 1.